The van der Waals surface area contributed by atoms with E-state index in [1.54, 1.807) is 13.1 Å². The second-order valence-corrected chi connectivity index (χ2v) is 9.12. The summed E-state index contributed by atoms with van der Waals surface area (Å²) < 4.78 is 0.563. The molecule has 144 valence electrons. The first-order chi connectivity index (χ1) is 12.4. The van der Waals surface area contributed by atoms with Crippen LogP contribution in [0.4, 0.5) is 9.93 Å². The molecule has 1 saturated heterocycles. The van der Waals surface area contributed by atoms with E-state index in [1.807, 2.05) is 9.80 Å². The molecule has 3 rings (SSSR count). The van der Waals surface area contributed by atoms with Gasteiger partial charge >= 0.3 is 6.03 Å². The zero-order valence-corrected chi connectivity index (χ0v) is 17.0. The van der Waals surface area contributed by atoms with Gasteiger partial charge in [-0.1, -0.05) is 29.9 Å². The van der Waals surface area contributed by atoms with Crippen LogP contribution in [0.3, 0.4) is 0 Å². The normalized spacial score (nSPS) is 24.3. The number of hydrogen-bond acceptors (Lipinski definition) is 4. The number of amides is 3. The Hall–Kier alpha value is -1.34. The van der Waals surface area contributed by atoms with E-state index < -0.39 is 0 Å². The van der Waals surface area contributed by atoms with E-state index in [1.165, 1.54) is 11.3 Å². The van der Waals surface area contributed by atoms with E-state index in [2.05, 4.69) is 17.2 Å². The zero-order chi connectivity index (χ0) is 18.7. The summed E-state index contributed by atoms with van der Waals surface area (Å²) in [7, 11) is 0. The van der Waals surface area contributed by atoms with Gasteiger partial charge in [-0.25, -0.2) is 9.78 Å². The molecule has 0 atom stereocenters. The van der Waals surface area contributed by atoms with E-state index in [-0.39, 0.29) is 24.0 Å². The Kier molecular flexibility index (Phi) is 6.40. The SMILES string of the molecule is CC(=O)N1CCC(N(C(=O)Nc2ncc(Cl)s2)[C@H]2CC[C@H](C)CC2)CC1. The van der Waals surface area contributed by atoms with Gasteiger partial charge in [0, 0.05) is 32.1 Å². The summed E-state index contributed by atoms with van der Waals surface area (Å²) in [6.45, 7) is 5.33. The fraction of sp³-hybridized carbons (Fsp3) is 0.722. The highest BCUT2D eigenvalue weighted by Gasteiger charge is 2.35. The summed E-state index contributed by atoms with van der Waals surface area (Å²) in [4.78, 5) is 32.7. The summed E-state index contributed by atoms with van der Waals surface area (Å²) >= 11 is 7.21. The van der Waals surface area contributed by atoms with Crippen molar-refractivity contribution in [3.63, 3.8) is 0 Å². The maximum atomic E-state index is 13.1. The molecule has 0 aromatic carbocycles. The maximum absolute atomic E-state index is 13.1. The Morgan fingerprint density at radius 3 is 2.35 bits per heavy atom. The van der Waals surface area contributed by atoms with E-state index in [9.17, 15) is 9.59 Å². The average molecular weight is 399 g/mol. The number of piperidine rings is 1. The Morgan fingerprint density at radius 1 is 1.19 bits per heavy atom. The number of aromatic nitrogens is 1. The third-order valence-corrected chi connectivity index (χ3v) is 6.64. The molecule has 0 bridgehead atoms. The molecule has 2 heterocycles. The summed E-state index contributed by atoms with van der Waals surface area (Å²) in [6, 6.07) is 0.340. The van der Waals surface area contributed by atoms with Gasteiger partial charge in [0.2, 0.25) is 5.91 Å². The van der Waals surface area contributed by atoms with Gasteiger partial charge in [0.05, 0.1) is 6.20 Å². The van der Waals surface area contributed by atoms with Crippen LogP contribution in [0.1, 0.15) is 52.4 Å². The van der Waals surface area contributed by atoms with Gasteiger partial charge in [0.15, 0.2) is 5.13 Å². The third-order valence-electron chi connectivity index (χ3n) is 5.61. The van der Waals surface area contributed by atoms with Crippen LogP contribution < -0.4 is 5.32 Å². The minimum Gasteiger partial charge on any atom is -0.343 e. The molecule has 1 aromatic heterocycles. The summed E-state index contributed by atoms with van der Waals surface area (Å²) in [6.07, 6.45) is 7.61. The first-order valence-electron chi connectivity index (χ1n) is 9.40. The van der Waals surface area contributed by atoms with Gasteiger partial charge in [-0.05, 0) is 44.4 Å². The molecule has 1 aromatic rings. The molecule has 8 heteroatoms. The smallest absolute Gasteiger partial charge is 0.324 e. The van der Waals surface area contributed by atoms with Crippen LogP contribution in [0, 0.1) is 5.92 Å². The van der Waals surface area contributed by atoms with Crippen molar-refractivity contribution in [1.82, 2.24) is 14.8 Å². The van der Waals surface area contributed by atoms with Crippen LogP contribution in [-0.2, 0) is 4.79 Å². The number of urea groups is 1. The fourth-order valence-corrected chi connectivity index (χ4v) is 4.88. The van der Waals surface area contributed by atoms with Gasteiger partial charge < -0.3 is 9.80 Å². The number of nitrogens with one attached hydrogen (secondary N) is 1. The largest absolute Gasteiger partial charge is 0.343 e. The second kappa shape index (κ2) is 8.57. The lowest BCUT2D eigenvalue weighted by Crippen LogP contribution is -2.54. The Balaban J connectivity index is 1.71. The number of likely N-dealkylation sites (tertiary alicyclic amines) is 1. The van der Waals surface area contributed by atoms with E-state index >= 15 is 0 Å². The number of anilines is 1. The van der Waals surface area contributed by atoms with E-state index in [4.69, 9.17) is 11.6 Å². The van der Waals surface area contributed by atoms with Crippen LogP contribution in [0.5, 0.6) is 0 Å². The number of carbonyl (C=O) groups excluding carboxylic acids is 2. The van der Waals surface area contributed by atoms with Crippen molar-refractivity contribution in [2.75, 3.05) is 18.4 Å². The van der Waals surface area contributed by atoms with Crippen molar-refractivity contribution in [1.29, 1.82) is 0 Å². The van der Waals surface area contributed by atoms with Crippen LogP contribution in [0.2, 0.25) is 4.34 Å². The lowest BCUT2D eigenvalue weighted by Gasteiger charge is -2.44. The molecule has 26 heavy (non-hydrogen) atoms. The Bertz CT molecular complexity index is 637. The molecule has 6 nitrogen and oxygen atoms in total. The molecule has 1 N–H and O–H groups in total. The summed E-state index contributed by atoms with van der Waals surface area (Å²) in [5.74, 6) is 0.844. The van der Waals surface area contributed by atoms with Crippen molar-refractivity contribution in [2.24, 2.45) is 5.92 Å². The van der Waals surface area contributed by atoms with Crippen molar-refractivity contribution in [3.05, 3.63) is 10.5 Å². The number of nitrogens with zero attached hydrogens (tertiary/aromatic N) is 3. The quantitative estimate of drug-likeness (QED) is 0.828. The highest BCUT2D eigenvalue weighted by atomic mass is 35.5. The van der Waals surface area contributed by atoms with Crippen LogP contribution in [0.25, 0.3) is 0 Å². The number of thiazole rings is 1. The lowest BCUT2D eigenvalue weighted by atomic mass is 9.85. The number of rotatable bonds is 3. The maximum Gasteiger partial charge on any atom is 0.324 e. The molecule has 0 unspecified atom stereocenters. The molecular formula is C18H27ClN4O2S. The van der Waals surface area contributed by atoms with Gasteiger partial charge in [-0.15, -0.1) is 0 Å². The predicted molar refractivity (Wildman–Crippen MR) is 105 cm³/mol. The molecule has 1 saturated carbocycles. The van der Waals surface area contributed by atoms with Crippen molar-refractivity contribution >= 4 is 40.0 Å². The standard InChI is InChI=1S/C18H27ClN4O2S/c1-12-3-5-14(6-4-12)23(15-7-9-22(10-8-15)13(2)24)18(25)21-17-20-11-16(19)26-17/h11-12,14-15H,3-10H2,1-2H3,(H,20,21,25)/t12-,14-. The molecular weight excluding hydrogens is 372 g/mol. The minimum absolute atomic E-state index is 0.0863. The van der Waals surface area contributed by atoms with Gasteiger partial charge in [0.25, 0.3) is 0 Å². The molecule has 2 fully saturated rings. The van der Waals surface area contributed by atoms with E-state index in [0.29, 0.717) is 9.47 Å². The van der Waals surface area contributed by atoms with Gasteiger partial charge in [-0.3, -0.25) is 10.1 Å². The Labute approximate surface area is 163 Å². The van der Waals surface area contributed by atoms with E-state index in [0.717, 1.165) is 57.5 Å². The van der Waals surface area contributed by atoms with Crippen molar-refractivity contribution in [3.8, 4) is 0 Å². The number of halogens is 1. The summed E-state index contributed by atoms with van der Waals surface area (Å²) in [5, 5.41) is 3.47. The zero-order valence-electron chi connectivity index (χ0n) is 15.4. The fourth-order valence-electron chi connectivity index (χ4n) is 4.08. The van der Waals surface area contributed by atoms with Gasteiger partial charge in [0.1, 0.15) is 4.34 Å². The highest BCUT2D eigenvalue weighted by Crippen LogP contribution is 2.32. The molecule has 2 aliphatic rings. The van der Waals surface area contributed by atoms with Gasteiger partial charge in [-0.2, -0.15) is 0 Å². The van der Waals surface area contributed by atoms with Crippen LogP contribution in [-0.4, -0.2) is 51.9 Å². The Morgan fingerprint density at radius 2 is 1.81 bits per heavy atom. The molecule has 1 aliphatic carbocycles. The second-order valence-electron chi connectivity index (χ2n) is 7.46. The van der Waals surface area contributed by atoms with Crippen LogP contribution in [0.15, 0.2) is 6.20 Å². The summed E-state index contributed by atoms with van der Waals surface area (Å²) in [5.41, 5.74) is 0. The number of hydrogen-bond donors (Lipinski definition) is 1. The first kappa shape index (κ1) is 19.4. The molecule has 0 spiro atoms. The van der Waals surface area contributed by atoms with Crippen molar-refractivity contribution < 1.29 is 9.59 Å². The average Bonchev–Trinajstić information content (AvgIpc) is 3.02. The monoisotopic (exact) mass is 398 g/mol. The minimum atomic E-state index is -0.0863. The van der Waals surface area contributed by atoms with Crippen LogP contribution >= 0.6 is 22.9 Å². The molecule has 1 aliphatic heterocycles. The predicted octanol–water partition coefficient (Wildman–Crippen LogP) is 4.22. The van der Waals surface area contributed by atoms with Crippen molar-refractivity contribution in [2.45, 2.75) is 64.5 Å². The lowest BCUT2D eigenvalue weighted by molar-refractivity contribution is -0.130. The first-order valence-corrected chi connectivity index (χ1v) is 10.6. The molecule has 3 amide bonds. The number of carbonyl (C=O) groups is 2. The highest BCUT2D eigenvalue weighted by molar-refractivity contribution is 7.19. The third kappa shape index (κ3) is 4.68. The topological polar surface area (TPSA) is 65.5 Å². The molecule has 0 radical (unpaired) electrons.